The van der Waals surface area contributed by atoms with Crippen molar-refractivity contribution >= 4 is 0 Å². The lowest BCUT2D eigenvalue weighted by Gasteiger charge is -2.38. The molecule has 0 aliphatic carbocycles. The summed E-state index contributed by atoms with van der Waals surface area (Å²) in [6.45, 7) is 18.5. The maximum absolute atomic E-state index is 6.87. The number of hydrogen-bond donors (Lipinski definition) is 0. The molecule has 0 bridgehead atoms. The van der Waals surface area contributed by atoms with Gasteiger partial charge in [0.25, 0.3) is 0 Å². The SMILES string of the molecule is Cc1cc([C@H](C)N(Cc2ccccc2)Cc2ccccc2)cc2c1O[C@](C)(CCC[C@H](C)CCC[C@H](C)CCCC(C)C)CC2. The molecule has 3 aromatic carbocycles. The highest BCUT2D eigenvalue weighted by Gasteiger charge is 2.33. The van der Waals surface area contributed by atoms with Gasteiger partial charge in [0.05, 0.1) is 0 Å². The van der Waals surface area contributed by atoms with Crippen LogP contribution in [0, 0.1) is 24.7 Å². The second-order valence-electron chi connectivity index (χ2n) is 15.3. The molecule has 0 saturated heterocycles. The molecule has 0 N–H and O–H groups in total. The summed E-state index contributed by atoms with van der Waals surface area (Å²) in [5, 5.41) is 0. The third-order valence-corrected chi connectivity index (χ3v) is 10.4. The molecule has 1 aliphatic heterocycles. The van der Waals surface area contributed by atoms with Gasteiger partial charge in [-0.3, -0.25) is 4.90 Å². The van der Waals surface area contributed by atoms with E-state index in [1.165, 1.54) is 79.2 Å². The molecule has 0 spiro atoms. The highest BCUT2D eigenvalue weighted by molar-refractivity contribution is 5.47. The van der Waals surface area contributed by atoms with Crippen molar-refractivity contribution in [3.05, 3.63) is 101 Å². The predicted molar refractivity (Wildman–Crippen MR) is 194 cm³/mol. The zero-order valence-electron chi connectivity index (χ0n) is 29.8. The molecule has 0 fully saturated rings. The first-order valence-electron chi connectivity index (χ1n) is 18.3. The summed E-state index contributed by atoms with van der Waals surface area (Å²) < 4.78 is 6.87. The lowest BCUT2D eigenvalue weighted by molar-refractivity contribution is 0.0514. The maximum atomic E-state index is 6.87. The molecule has 2 nitrogen and oxygen atoms in total. The summed E-state index contributed by atoms with van der Waals surface area (Å²) in [6, 6.07) is 26.9. The van der Waals surface area contributed by atoms with Gasteiger partial charge in [-0.05, 0) is 92.0 Å². The number of nitrogens with zero attached hydrogens (tertiary/aromatic N) is 1. The van der Waals surface area contributed by atoms with E-state index in [1.807, 2.05) is 0 Å². The van der Waals surface area contributed by atoms with Gasteiger partial charge in [-0.25, -0.2) is 0 Å². The van der Waals surface area contributed by atoms with Gasteiger partial charge in [0.1, 0.15) is 11.4 Å². The summed E-state index contributed by atoms with van der Waals surface area (Å²) in [6.07, 6.45) is 14.3. The van der Waals surface area contributed by atoms with Crippen LogP contribution in [0.5, 0.6) is 5.75 Å². The van der Waals surface area contributed by atoms with Crippen LogP contribution >= 0.6 is 0 Å². The van der Waals surface area contributed by atoms with E-state index in [0.29, 0.717) is 6.04 Å². The van der Waals surface area contributed by atoms with E-state index >= 15 is 0 Å². The van der Waals surface area contributed by atoms with Gasteiger partial charge in [-0.2, -0.15) is 0 Å². The van der Waals surface area contributed by atoms with Gasteiger partial charge in [0.15, 0.2) is 0 Å². The molecule has 45 heavy (non-hydrogen) atoms. The van der Waals surface area contributed by atoms with E-state index in [0.717, 1.165) is 55.9 Å². The number of fused-ring (bicyclic) bond motifs is 1. The third-order valence-electron chi connectivity index (χ3n) is 10.4. The summed E-state index contributed by atoms with van der Waals surface area (Å²) in [5.41, 5.74) is 6.74. The molecule has 0 aromatic heterocycles. The third kappa shape index (κ3) is 11.3. The van der Waals surface area contributed by atoms with Crippen molar-refractivity contribution in [3.63, 3.8) is 0 Å². The molecule has 0 radical (unpaired) electrons. The van der Waals surface area contributed by atoms with Crippen molar-refractivity contribution in [1.29, 1.82) is 0 Å². The second-order valence-corrected chi connectivity index (χ2v) is 15.3. The fourth-order valence-corrected chi connectivity index (χ4v) is 7.30. The predicted octanol–water partition coefficient (Wildman–Crippen LogP) is 12.3. The largest absolute Gasteiger partial charge is 0.487 e. The molecule has 0 unspecified atom stereocenters. The maximum Gasteiger partial charge on any atom is 0.126 e. The molecular weight excluding hydrogens is 546 g/mol. The fraction of sp³-hybridized carbons (Fsp3) is 0.581. The number of hydrogen-bond acceptors (Lipinski definition) is 2. The topological polar surface area (TPSA) is 12.5 Å². The molecule has 4 atom stereocenters. The first-order chi connectivity index (χ1) is 21.6. The van der Waals surface area contributed by atoms with Crippen LogP contribution in [0.15, 0.2) is 72.8 Å². The van der Waals surface area contributed by atoms with Crippen LogP contribution in [-0.4, -0.2) is 10.5 Å². The van der Waals surface area contributed by atoms with Gasteiger partial charge in [0, 0.05) is 19.1 Å². The van der Waals surface area contributed by atoms with Gasteiger partial charge < -0.3 is 4.74 Å². The lowest BCUT2D eigenvalue weighted by Crippen LogP contribution is -2.37. The Hall–Kier alpha value is -2.58. The molecular formula is C43H63NO. The standard InChI is InChI=1S/C43H63NO/c1-33(2)17-14-18-34(3)19-15-20-35(4)21-16-27-43(7)28-26-40-30-41(29-36(5)42(40)45-43)37(6)44(31-38-22-10-8-11-23-38)32-39-24-12-9-13-25-39/h8-13,22-25,29-30,33-35,37H,14-21,26-28,31-32H2,1-7H3/t34-,35-,37+,43-/m1/s1. The van der Waals surface area contributed by atoms with E-state index < -0.39 is 0 Å². The second kappa shape index (κ2) is 17.4. The van der Waals surface area contributed by atoms with Gasteiger partial charge >= 0.3 is 0 Å². The summed E-state index contributed by atoms with van der Waals surface area (Å²) >= 11 is 0. The summed E-state index contributed by atoms with van der Waals surface area (Å²) in [7, 11) is 0. The minimum Gasteiger partial charge on any atom is -0.487 e. The van der Waals surface area contributed by atoms with Crippen LogP contribution in [0.2, 0.25) is 0 Å². The Kier molecular flexibility index (Phi) is 13.6. The molecule has 0 saturated carbocycles. The first-order valence-corrected chi connectivity index (χ1v) is 18.3. The molecule has 1 heterocycles. The van der Waals surface area contributed by atoms with E-state index in [1.54, 1.807) is 0 Å². The van der Waals surface area contributed by atoms with Crippen molar-refractivity contribution < 1.29 is 4.74 Å². The van der Waals surface area contributed by atoms with Crippen molar-refractivity contribution in [2.24, 2.45) is 17.8 Å². The Bertz CT molecular complexity index is 1230. The Balaban J connectivity index is 1.31. The van der Waals surface area contributed by atoms with Crippen LogP contribution in [0.3, 0.4) is 0 Å². The fourth-order valence-electron chi connectivity index (χ4n) is 7.30. The molecule has 0 amide bonds. The quantitative estimate of drug-likeness (QED) is 0.142. The average molecular weight is 610 g/mol. The first kappa shape index (κ1) is 35.3. The minimum atomic E-state index is -0.0534. The number of aryl methyl sites for hydroxylation is 2. The van der Waals surface area contributed by atoms with Crippen molar-refractivity contribution in [1.82, 2.24) is 4.90 Å². The summed E-state index contributed by atoms with van der Waals surface area (Å²) in [5.74, 6) is 3.69. The number of rotatable bonds is 18. The molecule has 1 aliphatic rings. The molecule has 246 valence electrons. The van der Waals surface area contributed by atoms with Crippen LogP contribution in [0.25, 0.3) is 0 Å². The van der Waals surface area contributed by atoms with E-state index in [2.05, 4.69) is 126 Å². The van der Waals surface area contributed by atoms with E-state index in [-0.39, 0.29) is 5.60 Å². The van der Waals surface area contributed by atoms with Crippen molar-refractivity contribution in [3.8, 4) is 5.75 Å². The Labute approximate surface area is 277 Å². The monoisotopic (exact) mass is 609 g/mol. The van der Waals surface area contributed by atoms with Crippen molar-refractivity contribution in [2.45, 2.75) is 144 Å². The van der Waals surface area contributed by atoms with Crippen LogP contribution in [-0.2, 0) is 19.5 Å². The van der Waals surface area contributed by atoms with Crippen molar-refractivity contribution in [2.75, 3.05) is 0 Å². The van der Waals surface area contributed by atoms with Gasteiger partial charge in [0.2, 0.25) is 0 Å². The molecule has 2 heteroatoms. The zero-order chi connectivity index (χ0) is 32.2. The van der Waals surface area contributed by atoms with Crippen LogP contribution in [0.4, 0.5) is 0 Å². The van der Waals surface area contributed by atoms with Crippen LogP contribution in [0.1, 0.15) is 140 Å². The Morgan fingerprint density at radius 1 is 0.711 bits per heavy atom. The minimum absolute atomic E-state index is 0.0534. The average Bonchev–Trinajstić information content (AvgIpc) is 3.01. The normalized spacial score (nSPS) is 18.4. The zero-order valence-corrected chi connectivity index (χ0v) is 29.8. The smallest absolute Gasteiger partial charge is 0.126 e. The number of benzene rings is 3. The highest BCUT2D eigenvalue weighted by Crippen LogP contribution is 2.41. The molecule has 4 rings (SSSR count). The van der Waals surface area contributed by atoms with E-state index in [4.69, 9.17) is 4.74 Å². The lowest BCUT2D eigenvalue weighted by atomic mass is 9.85. The summed E-state index contributed by atoms with van der Waals surface area (Å²) in [4.78, 5) is 2.61. The Morgan fingerprint density at radius 3 is 1.80 bits per heavy atom. The van der Waals surface area contributed by atoms with E-state index in [9.17, 15) is 0 Å². The number of ether oxygens (including phenoxy) is 1. The highest BCUT2D eigenvalue weighted by atomic mass is 16.5. The van der Waals surface area contributed by atoms with Gasteiger partial charge in [-0.15, -0.1) is 0 Å². The molecule has 3 aromatic rings. The van der Waals surface area contributed by atoms with Gasteiger partial charge in [-0.1, -0.05) is 145 Å². The van der Waals surface area contributed by atoms with Crippen LogP contribution < -0.4 is 4.74 Å². The Morgan fingerprint density at radius 2 is 1.24 bits per heavy atom.